The second-order valence-electron chi connectivity index (χ2n) is 6.41. The van der Waals surface area contributed by atoms with Crippen LogP contribution in [-0.2, 0) is 14.8 Å². The van der Waals surface area contributed by atoms with Crippen LogP contribution in [-0.4, -0.2) is 51.2 Å². The molecule has 9 heteroatoms. The summed E-state index contributed by atoms with van der Waals surface area (Å²) < 4.78 is 38.3. The van der Waals surface area contributed by atoms with Crippen LogP contribution in [0.2, 0.25) is 0 Å². The highest BCUT2D eigenvalue weighted by atomic mass is 32.2. The first kappa shape index (κ1) is 18.6. The van der Waals surface area contributed by atoms with Crippen LogP contribution in [0.15, 0.2) is 18.5 Å². The zero-order valence-corrected chi connectivity index (χ0v) is 14.8. The number of pyridine rings is 1. The maximum atomic E-state index is 13.9. The van der Waals surface area contributed by atoms with Crippen molar-refractivity contribution in [3.63, 3.8) is 0 Å². The first-order valence-corrected chi connectivity index (χ1v) is 9.65. The molecular weight excluding hydrogens is 335 g/mol. The van der Waals surface area contributed by atoms with Crippen LogP contribution in [0.4, 0.5) is 10.1 Å². The lowest BCUT2D eigenvalue weighted by atomic mass is 9.91. The largest absolute Gasteiger partial charge is 0.367 e. The summed E-state index contributed by atoms with van der Waals surface area (Å²) in [7, 11) is -3.42. The minimum absolute atomic E-state index is 0.139. The fraction of sp³-hybridized carbons (Fsp3) is 0.600. The van der Waals surface area contributed by atoms with Crippen molar-refractivity contribution in [2.45, 2.75) is 19.9 Å². The van der Waals surface area contributed by atoms with E-state index in [4.69, 9.17) is 0 Å². The third-order valence-electron chi connectivity index (χ3n) is 4.15. The van der Waals surface area contributed by atoms with E-state index in [1.165, 1.54) is 12.4 Å². The van der Waals surface area contributed by atoms with Crippen LogP contribution in [0, 0.1) is 17.7 Å². The minimum Gasteiger partial charge on any atom is -0.367 e. The highest BCUT2D eigenvalue weighted by Crippen LogP contribution is 2.29. The smallest absolute Gasteiger partial charge is 0.235 e. The van der Waals surface area contributed by atoms with Crippen LogP contribution in [0.5, 0.6) is 0 Å². The van der Waals surface area contributed by atoms with Gasteiger partial charge in [-0.1, -0.05) is 13.8 Å². The Labute approximate surface area is 141 Å². The van der Waals surface area contributed by atoms with Crippen molar-refractivity contribution in [3.8, 4) is 0 Å². The Morgan fingerprint density at radius 1 is 1.46 bits per heavy atom. The number of sulfonamides is 1. The van der Waals surface area contributed by atoms with Gasteiger partial charge in [0, 0.05) is 25.2 Å². The van der Waals surface area contributed by atoms with Gasteiger partial charge in [0.05, 0.1) is 30.7 Å². The molecule has 0 unspecified atom stereocenters. The van der Waals surface area contributed by atoms with Crippen molar-refractivity contribution in [2.75, 3.05) is 30.8 Å². The van der Waals surface area contributed by atoms with E-state index in [-0.39, 0.29) is 24.4 Å². The molecule has 1 aromatic rings. The molecule has 24 heavy (non-hydrogen) atoms. The molecule has 134 valence electrons. The first-order valence-electron chi connectivity index (χ1n) is 7.76. The summed E-state index contributed by atoms with van der Waals surface area (Å²) in [5, 5.41) is 2.86. The van der Waals surface area contributed by atoms with E-state index in [2.05, 4.69) is 15.0 Å². The van der Waals surface area contributed by atoms with E-state index in [9.17, 15) is 17.6 Å². The topological polar surface area (TPSA) is 91.4 Å². The Hall–Kier alpha value is -1.74. The van der Waals surface area contributed by atoms with Gasteiger partial charge in [-0.05, 0) is 12.0 Å². The molecule has 7 nitrogen and oxygen atoms in total. The monoisotopic (exact) mass is 358 g/mol. The summed E-state index contributed by atoms with van der Waals surface area (Å²) in [4.78, 5) is 17.6. The average molecular weight is 358 g/mol. The number of carbonyl (C=O) groups is 1. The third kappa shape index (κ3) is 4.88. The Morgan fingerprint density at radius 2 is 2.17 bits per heavy atom. The first-order chi connectivity index (χ1) is 11.2. The summed E-state index contributed by atoms with van der Waals surface area (Å²) >= 11 is 0. The number of hydrogen-bond donors (Lipinski definition) is 2. The molecule has 1 aliphatic heterocycles. The maximum absolute atomic E-state index is 13.9. The predicted octanol–water partition coefficient (Wildman–Crippen LogP) is 0.347. The van der Waals surface area contributed by atoms with Crippen LogP contribution >= 0.6 is 0 Å². The lowest BCUT2D eigenvalue weighted by Gasteiger charge is -2.22. The number of nitrogens with one attached hydrogen (secondary N) is 2. The van der Waals surface area contributed by atoms with Crippen molar-refractivity contribution in [1.29, 1.82) is 0 Å². The van der Waals surface area contributed by atoms with Crippen LogP contribution < -0.4 is 14.9 Å². The molecule has 0 aromatic carbocycles. The van der Waals surface area contributed by atoms with Crippen LogP contribution in [0.25, 0.3) is 0 Å². The number of aromatic nitrogens is 1. The van der Waals surface area contributed by atoms with Gasteiger partial charge in [-0.3, -0.25) is 9.78 Å². The van der Waals surface area contributed by atoms with Gasteiger partial charge in [0.25, 0.3) is 0 Å². The number of rotatable bonds is 6. The second-order valence-corrected chi connectivity index (χ2v) is 8.24. The van der Waals surface area contributed by atoms with Gasteiger partial charge in [-0.25, -0.2) is 17.5 Å². The second kappa shape index (κ2) is 7.43. The lowest BCUT2D eigenvalue weighted by Crippen LogP contribution is -2.46. The third-order valence-corrected chi connectivity index (χ3v) is 4.82. The molecule has 2 N–H and O–H groups in total. The number of nitrogens with zero attached hydrogens (tertiary/aromatic N) is 2. The fourth-order valence-corrected chi connectivity index (χ4v) is 3.33. The summed E-state index contributed by atoms with van der Waals surface area (Å²) in [6, 6.07) is 1.44. The maximum Gasteiger partial charge on any atom is 0.235 e. The number of amides is 1. The van der Waals surface area contributed by atoms with E-state index in [1.807, 2.05) is 18.7 Å². The zero-order valence-electron chi connectivity index (χ0n) is 14.0. The van der Waals surface area contributed by atoms with Gasteiger partial charge in [0.15, 0.2) is 5.82 Å². The lowest BCUT2D eigenvalue weighted by molar-refractivity contribution is -0.120. The van der Waals surface area contributed by atoms with Gasteiger partial charge in [0.1, 0.15) is 0 Å². The Kier molecular flexibility index (Phi) is 5.76. The van der Waals surface area contributed by atoms with Crippen molar-refractivity contribution in [3.05, 3.63) is 24.3 Å². The highest BCUT2D eigenvalue weighted by molar-refractivity contribution is 7.88. The summed E-state index contributed by atoms with van der Waals surface area (Å²) in [5.41, 5.74) is 0.460. The zero-order chi connectivity index (χ0) is 17.9. The van der Waals surface area contributed by atoms with Gasteiger partial charge in [0.2, 0.25) is 15.9 Å². The Balaban J connectivity index is 2.05. The van der Waals surface area contributed by atoms with Crippen molar-refractivity contribution in [1.82, 2.24) is 15.0 Å². The number of hydrogen-bond acceptors (Lipinski definition) is 5. The van der Waals surface area contributed by atoms with E-state index < -0.39 is 21.7 Å². The van der Waals surface area contributed by atoms with Gasteiger partial charge < -0.3 is 10.2 Å². The molecule has 0 saturated carbocycles. The van der Waals surface area contributed by atoms with Gasteiger partial charge in [-0.15, -0.1) is 0 Å². The summed E-state index contributed by atoms with van der Waals surface area (Å²) in [6.07, 6.45) is 3.70. The van der Waals surface area contributed by atoms with E-state index in [0.717, 1.165) is 6.26 Å². The number of anilines is 1. The van der Waals surface area contributed by atoms with E-state index in [1.54, 1.807) is 6.07 Å². The van der Waals surface area contributed by atoms with Crippen LogP contribution in [0.3, 0.4) is 0 Å². The molecule has 2 heterocycles. The quantitative estimate of drug-likeness (QED) is 0.766. The minimum atomic E-state index is -3.42. The molecule has 1 amide bonds. The number of carbonyl (C=O) groups excluding carboxylic acids is 1. The van der Waals surface area contributed by atoms with Gasteiger partial charge in [-0.2, -0.15) is 0 Å². The van der Waals surface area contributed by atoms with Gasteiger partial charge >= 0.3 is 0 Å². The molecule has 0 bridgehead atoms. The summed E-state index contributed by atoms with van der Waals surface area (Å²) in [5.74, 6) is -0.369. The molecule has 1 aliphatic rings. The molecule has 1 aromatic heterocycles. The Bertz CT molecular complexity index is 696. The average Bonchev–Trinajstić information content (AvgIpc) is 2.89. The molecule has 0 aliphatic carbocycles. The highest BCUT2D eigenvalue weighted by Gasteiger charge is 2.36. The molecule has 1 saturated heterocycles. The molecule has 2 atom stereocenters. The predicted molar refractivity (Wildman–Crippen MR) is 89.5 cm³/mol. The molecule has 0 spiro atoms. The SMILES string of the molecule is CC(C)[C@@H]1CN(c2ccncc2F)C[C@H]1NC(=O)CNS(C)(=O)=O. The Morgan fingerprint density at radius 3 is 2.75 bits per heavy atom. The normalized spacial score (nSPS) is 21.3. The van der Waals surface area contributed by atoms with Crippen molar-refractivity contribution in [2.24, 2.45) is 11.8 Å². The van der Waals surface area contributed by atoms with Crippen LogP contribution in [0.1, 0.15) is 13.8 Å². The molecular formula is C15H23FN4O3S. The van der Waals surface area contributed by atoms with Crippen molar-refractivity contribution >= 4 is 21.6 Å². The van der Waals surface area contributed by atoms with E-state index >= 15 is 0 Å². The molecule has 2 rings (SSSR count). The van der Waals surface area contributed by atoms with E-state index in [0.29, 0.717) is 18.8 Å². The number of halogens is 1. The fourth-order valence-electron chi connectivity index (χ4n) is 2.93. The molecule has 0 radical (unpaired) electrons. The van der Waals surface area contributed by atoms with Crippen molar-refractivity contribution < 1.29 is 17.6 Å². The summed E-state index contributed by atoms with van der Waals surface area (Å²) in [6.45, 7) is 4.87. The molecule has 1 fully saturated rings. The standard InChI is InChI=1S/C15H23FN4O3S/c1-10(2)11-8-20(14-4-5-17-6-12(14)16)9-13(11)19-15(21)7-18-24(3,22)23/h4-6,10-11,13,18H,7-9H2,1-3H3,(H,19,21)/t11-,13+/m0/s1.